The lowest BCUT2D eigenvalue weighted by molar-refractivity contribution is 0.780. The highest BCUT2D eigenvalue weighted by molar-refractivity contribution is 9.08. The van der Waals surface area contributed by atoms with E-state index in [-0.39, 0.29) is 0 Å². The van der Waals surface area contributed by atoms with E-state index in [2.05, 4.69) is 33.8 Å². The molecule has 1 aromatic rings. The number of hydrogen-bond acceptors (Lipinski definition) is 2. The number of alkyl halides is 1. The van der Waals surface area contributed by atoms with Gasteiger partial charge in [-0.25, -0.2) is 0 Å². The number of benzene rings is 1. The van der Waals surface area contributed by atoms with Crippen molar-refractivity contribution in [2.45, 2.75) is 17.5 Å². The molecular weight excluding hydrogens is 306 g/mol. The van der Waals surface area contributed by atoms with Gasteiger partial charge in [-0.05, 0) is 11.6 Å². The Hall–Kier alpha value is 0.140. The summed E-state index contributed by atoms with van der Waals surface area (Å²) in [5.74, 6) is 1.19. The molecule has 1 aromatic carbocycles. The maximum absolute atomic E-state index is 6.32. The van der Waals surface area contributed by atoms with Crippen LogP contribution in [0.4, 0.5) is 5.69 Å². The monoisotopic (exact) mass is 319 g/mol. The second kappa shape index (κ2) is 5.65. The van der Waals surface area contributed by atoms with Crippen molar-refractivity contribution in [2.24, 2.45) is 0 Å². The average Bonchev–Trinajstić information content (AvgIpc) is 2.28. The molecule has 1 aliphatic rings. The highest BCUT2D eigenvalue weighted by atomic mass is 79.9. The second-order valence-corrected chi connectivity index (χ2v) is 6.52. The molecule has 16 heavy (non-hydrogen) atoms. The van der Waals surface area contributed by atoms with Gasteiger partial charge in [0.25, 0.3) is 0 Å². The maximum Gasteiger partial charge on any atom is 0.0642 e. The Kier molecular flexibility index (Phi) is 4.45. The van der Waals surface area contributed by atoms with Crippen molar-refractivity contribution in [1.82, 2.24) is 0 Å². The summed E-state index contributed by atoms with van der Waals surface area (Å²) < 4.78 is 0. The summed E-state index contributed by atoms with van der Waals surface area (Å²) in [7, 11) is 0. The van der Waals surface area contributed by atoms with E-state index in [1.165, 1.54) is 17.0 Å². The molecule has 1 fully saturated rings. The molecule has 88 valence electrons. The Morgan fingerprint density at radius 3 is 3.06 bits per heavy atom. The molecule has 1 unspecified atom stereocenters. The fourth-order valence-electron chi connectivity index (χ4n) is 2.04. The maximum atomic E-state index is 6.32. The van der Waals surface area contributed by atoms with Crippen LogP contribution in [0.15, 0.2) is 18.2 Å². The van der Waals surface area contributed by atoms with Crippen LogP contribution in [-0.4, -0.2) is 24.1 Å². The van der Waals surface area contributed by atoms with Crippen molar-refractivity contribution in [3.63, 3.8) is 0 Å². The third-order valence-electron chi connectivity index (χ3n) is 2.77. The smallest absolute Gasteiger partial charge is 0.0642 e. The summed E-state index contributed by atoms with van der Waals surface area (Å²) in [6.45, 7) is 4.47. The Labute approximate surface area is 115 Å². The first-order valence-corrected chi connectivity index (χ1v) is 7.97. The van der Waals surface area contributed by atoms with Crippen LogP contribution in [0.2, 0.25) is 5.02 Å². The normalized spacial score (nSPS) is 21.2. The predicted octanol–water partition coefficient (Wildman–Crippen LogP) is 4.18. The third-order valence-corrected chi connectivity index (χ3v) is 4.82. The van der Waals surface area contributed by atoms with Crippen molar-refractivity contribution >= 4 is 45.0 Å². The summed E-state index contributed by atoms with van der Waals surface area (Å²) in [4.78, 5) is 2.42. The topological polar surface area (TPSA) is 3.24 Å². The number of thioether (sulfide) groups is 1. The molecule has 0 amide bonds. The van der Waals surface area contributed by atoms with Crippen LogP contribution >= 0.6 is 39.3 Å². The summed E-state index contributed by atoms with van der Waals surface area (Å²) >= 11 is 11.9. The first-order chi connectivity index (χ1) is 7.72. The molecular formula is C12H15BrClNS. The minimum Gasteiger partial charge on any atom is -0.368 e. The lowest BCUT2D eigenvalue weighted by atomic mass is 10.1. The van der Waals surface area contributed by atoms with Gasteiger partial charge in [-0.15, -0.1) is 0 Å². The van der Waals surface area contributed by atoms with E-state index in [0.29, 0.717) is 5.25 Å². The largest absolute Gasteiger partial charge is 0.368 e. The molecule has 4 heteroatoms. The molecule has 0 N–H and O–H groups in total. The zero-order chi connectivity index (χ0) is 11.5. The van der Waals surface area contributed by atoms with Gasteiger partial charge in [0.15, 0.2) is 0 Å². The Morgan fingerprint density at radius 2 is 2.38 bits per heavy atom. The zero-order valence-electron chi connectivity index (χ0n) is 9.25. The summed E-state index contributed by atoms with van der Waals surface area (Å²) in [5.41, 5.74) is 2.50. The van der Waals surface area contributed by atoms with E-state index in [0.717, 1.165) is 23.4 Å². The van der Waals surface area contributed by atoms with Gasteiger partial charge < -0.3 is 4.90 Å². The lowest BCUT2D eigenvalue weighted by Crippen LogP contribution is -2.37. The van der Waals surface area contributed by atoms with Gasteiger partial charge in [0.2, 0.25) is 0 Å². The number of nitrogens with zero attached hydrogens (tertiary/aromatic N) is 1. The fourth-order valence-corrected chi connectivity index (χ4v) is 3.82. The molecule has 1 aliphatic heterocycles. The first-order valence-electron chi connectivity index (χ1n) is 5.42. The number of rotatable bonds is 2. The predicted molar refractivity (Wildman–Crippen MR) is 78.2 cm³/mol. The van der Waals surface area contributed by atoms with E-state index in [4.69, 9.17) is 11.6 Å². The van der Waals surface area contributed by atoms with Crippen LogP contribution in [0, 0.1) is 0 Å². The van der Waals surface area contributed by atoms with Crippen molar-refractivity contribution in [3.8, 4) is 0 Å². The molecule has 2 rings (SSSR count). The highest BCUT2D eigenvalue weighted by Gasteiger charge is 2.20. The molecule has 0 bridgehead atoms. The number of halogens is 2. The van der Waals surface area contributed by atoms with E-state index in [1.54, 1.807) is 0 Å². The fraction of sp³-hybridized carbons (Fsp3) is 0.500. The molecule has 0 radical (unpaired) electrons. The second-order valence-electron chi connectivity index (χ2n) is 4.01. The molecule has 1 nitrogen and oxygen atoms in total. The van der Waals surface area contributed by atoms with Crippen molar-refractivity contribution in [3.05, 3.63) is 28.8 Å². The Bertz CT molecular complexity index is 372. The molecule has 0 spiro atoms. The van der Waals surface area contributed by atoms with Gasteiger partial charge in [0.05, 0.1) is 10.7 Å². The van der Waals surface area contributed by atoms with Gasteiger partial charge in [-0.1, -0.05) is 46.6 Å². The number of para-hydroxylation sites is 1. The molecule has 1 atom stereocenters. The minimum absolute atomic E-state index is 0.688. The van der Waals surface area contributed by atoms with Crippen molar-refractivity contribution in [1.29, 1.82) is 0 Å². The SMILES string of the molecule is CC1CN(c2c(Cl)cccc2CBr)CCS1. The standard InChI is InChI=1S/C12H15BrClNS/c1-9-8-15(5-6-16-9)12-10(7-13)3-2-4-11(12)14/h2-4,9H,5-8H2,1H3. The van der Waals surface area contributed by atoms with Gasteiger partial charge in [0, 0.05) is 29.4 Å². The van der Waals surface area contributed by atoms with Crippen LogP contribution in [-0.2, 0) is 5.33 Å². The highest BCUT2D eigenvalue weighted by Crippen LogP contribution is 2.34. The van der Waals surface area contributed by atoms with Crippen LogP contribution < -0.4 is 4.90 Å². The van der Waals surface area contributed by atoms with E-state index in [1.807, 2.05) is 23.9 Å². The van der Waals surface area contributed by atoms with E-state index >= 15 is 0 Å². The van der Waals surface area contributed by atoms with Gasteiger partial charge in [-0.3, -0.25) is 0 Å². The Morgan fingerprint density at radius 1 is 1.56 bits per heavy atom. The molecule has 0 aromatic heterocycles. The van der Waals surface area contributed by atoms with Gasteiger partial charge in [0.1, 0.15) is 0 Å². The zero-order valence-corrected chi connectivity index (χ0v) is 12.4. The quantitative estimate of drug-likeness (QED) is 0.752. The first kappa shape index (κ1) is 12.6. The van der Waals surface area contributed by atoms with Gasteiger partial charge in [-0.2, -0.15) is 11.8 Å². The minimum atomic E-state index is 0.688. The van der Waals surface area contributed by atoms with Crippen LogP contribution in [0.5, 0.6) is 0 Å². The van der Waals surface area contributed by atoms with Gasteiger partial charge >= 0.3 is 0 Å². The third kappa shape index (κ3) is 2.69. The van der Waals surface area contributed by atoms with Crippen LogP contribution in [0.25, 0.3) is 0 Å². The average molecular weight is 321 g/mol. The summed E-state index contributed by atoms with van der Waals surface area (Å²) in [6, 6.07) is 6.14. The Balaban J connectivity index is 2.30. The van der Waals surface area contributed by atoms with Crippen LogP contribution in [0.1, 0.15) is 12.5 Å². The number of anilines is 1. The van der Waals surface area contributed by atoms with Crippen molar-refractivity contribution < 1.29 is 0 Å². The molecule has 1 heterocycles. The van der Waals surface area contributed by atoms with Crippen LogP contribution in [0.3, 0.4) is 0 Å². The lowest BCUT2D eigenvalue weighted by Gasteiger charge is -2.34. The molecule has 1 saturated heterocycles. The van der Waals surface area contributed by atoms with Crippen molar-refractivity contribution in [2.75, 3.05) is 23.7 Å². The number of hydrogen-bond donors (Lipinski definition) is 0. The molecule has 0 saturated carbocycles. The van der Waals surface area contributed by atoms with E-state index < -0.39 is 0 Å². The summed E-state index contributed by atoms with van der Waals surface area (Å²) in [6.07, 6.45) is 0. The molecule has 0 aliphatic carbocycles. The van der Waals surface area contributed by atoms with E-state index in [9.17, 15) is 0 Å². The summed E-state index contributed by atoms with van der Waals surface area (Å²) in [5, 5.41) is 2.42.